The third-order valence-electron chi connectivity index (χ3n) is 0.368. The van der Waals surface area contributed by atoms with E-state index in [9.17, 15) is 9.59 Å². The minimum atomic E-state index is -1.26. The van der Waals surface area contributed by atoms with Crippen molar-refractivity contribution in [1.29, 1.82) is 0 Å². The second-order valence-electron chi connectivity index (χ2n) is 1.01. The van der Waals surface area contributed by atoms with Crippen molar-refractivity contribution in [3.05, 3.63) is 12.2 Å². The Morgan fingerprint density at radius 1 is 1.11 bits per heavy atom. The number of carboxylic acid groups (broad SMARTS) is 2. The first kappa shape index (κ1) is 11.9. The molecule has 0 unspecified atom stereocenters. The Kier molecular flexibility index (Phi) is 8.31. The van der Waals surface area contributed by atoms with Gasteiger partial charge in [0.2, 0.25) is 0 Å². The molecule has 0 aliphatic heterocycles. The van der Waals surface area contributed by atoms with Gasteiger partial charge in [-0.05, 0) is 0 Å². The summed E-state index contributed by atoms with van der Waals surface area (Å²) in [5, 5.41) is 15.6. The van der Waals surface area contributed by atoms with Gasteiger partial charge >= 0.3 is 57.4 Å². The van der Waals surface area contributed by atoms with Crippen molar-refractivity contribution in [3.63, 3.8) is 0 Å². The smallest absolute Gasteiger partial charge is 1.00 e. The molecule has 48 valence electrons. The quantitative estimate of drug-likeness (QED) is 0.474. The van der Waals surface area contributed by atoms with E-state index in [4.69, 9.17) is 10.2 Å². The molecule has 2 N–H and O–H groups in total. The van der Waals surface area contributed by atoms with Gasteiger partial charge in [-0.2, -0.15) is 0 Å². The summed E-state index contributed by atoms with van der Waals surface area (Å²) >= 11 is 0. The first-order chi connectivity index (χ1) is 3.63. The molecule has 0 amide bonds. The third kappa shape index (κ3) is 11.6. The first-order valence-electron chi connectivity index (χ1n) is 1.77. The Morgan fingerprint density at radius 3 is 1.44 bits per heavy atom. The Hall–Kier alpha value is 0.161. The predicted octanol–water partition coefficient (Wildman–Crippen LogP) is -0.444. The number of hydrogen-bond donors (Lipinski definition) is 2. The third-order valence-corrected chi connectivity index (χ3v) is 0.368. The molecule has 0 rings (SSSR count). The molecule has 5 heteroatoms. The van der Waals surface area contributed by atoms with Gasteiger partial charge in [0, 0.05) is 12.2 Å². The van der Waals surface area contributed by atoms with Crippen LogP contribution in [0.4, 0.5) is 0 Å². The fourth-order valence-electron chi connectivity index (χ4n) is 0.143. The first-order valence-corrected chi connectivity index (χ1v) is 1.77. The van der Waals surface area contributed by atoms with E-state index in [1.807, 2.05) is 0 Å². The van der Waals surface area contributed by atoms with Gasteiger partial charge in [0.25, 0.3) is 0 Å². The van der Waals surface area contributed by atoms with Crippen LogP contribution in [0.25, 0.3) is 0 Å². The number of carboxylic acids is 2. The van der Waals surface area contributed by atoms with Crippen molar-refractivity contribution in [3.8, 4) is 0 Å². The molecule has 0 saturated heterocycles. The van der Waals surface area contributed by atoms with Crippen molar-refractivity contribution < 1.29 is 22.7 Å². The maximum absolute atomic E-state index is 9.55. The fourth-order valence-corrected chi connectivity index (χ4v) is 0.143. The van der Waals surface area contributed by atoms with E-state index in [-0.39, 0.29) is 48.3 Å². The second kappa shape index (κ2) is 6.28. The number of carbonyl (C=O) groups is 2. The van der Waals surface area contributed by atoms with Gasteiger partial charge < -0.3 is 13.1 Å². The van der Waals surface area contributed by atoms with E-state index in [0.717, 1.165) is 0 Å². The number of aliphatic carboxylic acids is 2. The van der Waals surface area contributed by atoms with Crippen LogP contribution in [-0.2, 0) is 9.59 Å². The van der Waals surface area contributed by atoms with Gasteiger partial charge in [-0.3, -0.25) is 0 Å². The van der Waals surface area contributed by atoms with Gasteiger partial charge in [-0.25, -0.2) is 9.59 Å². The summed E-state index contributed by atoms with van der Waals surface area (Å²) in [5.74, 6) is -2.51. The zero-order valence-electron chi connectivity index (χ0n) is 6.57. The zero-order valence-corrected chi connectivity index (χ0v) is 8.05. The SMILES string of the molecule is O=C(O)/C=C/C(=O)O.[H-].[H-].[Sr+2]. The summed E-state index contributed by atoms with van der Waals surface area (Å²) in [6, 6.07) is 0. The van der Waals surface area contributed by atoms with E-state index < -0.39 is 11.9 Å². The summed E-state index contributed by atoms with van der Waals surface area (Å²) in [6.07, 6.45) is 1.12. The molecule has 0 aromatic rings. The van der Waals surface area contributed by atoms with Gasteiger partial charge in [0.05, 0.1) is 0 Å². The van der Waals surface area contributed by atoms with Crippen LogP contribution in [0.15, 0.2) is 12.2 Å². The summed E-state index contributed by atoms with van der Waals surface area (Å²) < 4.78 is 0. The topological polar surface area (TPSA) is 74.6 Å². The van der Waals surface area contributed by atoms with Gasteiger partial charge in [-0.15, -0.1) is 0 Å². The van der Waals surface area contributed by atoms with Crippen molar-refractivity contribution in [1.82, 2.24) is 0 Å². The summed E-state index contributed by atoms with van der Waals surface area (Å²) in [5.41, 5.74) is 0. The van der Waals surface area contributed by atoms with E-state index >= 15 is 0 Å². The number of rotatable bonds is 2. The van der Waals surface area contributed by atoms with Crippen LogP contribution in [-0.4, -0.2) is 67.6 Å². The Balaban J connectivity index is -0.0000000817. The molecular formula is C4H6O4Sr. The molecule has 0 aromatic carbocycles. The normalized spacial score (nSPS) is 8.44. The van der Waals surface area contributed by atoms with Crippen molar-refractivity contribution in [2.24, 2.45) is 0 Å². The molecule has 0 saturated carbocycles. The minimum Gasteiger partial charge on any atom is -1.00 e. The maximum atomic E-state index is 9.55. The molecule has 0 spiro atoms. The molecule has 0 fully saturated rings. The summed E-state index contributed by atoms with van der Waals surface area (Å²) in [6.45, 7) is 0. The second-order valence-corrected chi connectivity index (χ2v) is 1.01. The predicted molar refractivity (Wildman–Crippen MR) is 32.4 cm³/mol. The van der Waals surface area contributed by atoms with Crippen LogP contribution in [0, 0.1) is 0 Å². The maximum Gasteiger partial charge on any atom is 2.00 e. The molecule has 9 heavy (non-hydrogen) atoms. The van der Waals surface area contributed by atoms with Crippen LogP contribution in [0.3, 0.4) is 0 Å². The molecular weight excluding hydrogens is 200 g/mol. The molecule has 0 radical (unpaired) electrons. The molecule has 4 nitrogen and oxygen atoms in total. The van der Waals surface area contributed by atoms with E-state index in [2.05, 4.69) is 0 Å². The minimum absolute atomic E-state index is 0. The molecule has 0 aliphatic carbocycles. The zero-order chi connectivity index (χ0) is 6.57. The average Bonchev–Trinajstić information content (AvgIpc) is 1.61. The van der Waals surface area contributed by atoms with Crippen molar-refractivity contribution >= 4 is 57.4 Å². The Bertz CT molecular complexity index is 131. The van der Waals surface area contributed by atoms with Crippen LogP contribution in [0.2, 0.25) is 0 Å². The molecule has 0 aromatic heterocycles. The summed E-state index contributed by atoms with van der Waals surface area (Å²) in [4.78, 5) is 19.1. The Labute approximate surface area is 91.4 Å². The molecule has 0 bridgehead atoms. The molecule has 0 atom stereocenters. The van der Waals surface area contributed by atoms with Crippen molar-refractivity contribution in [2.75, 3.05) is 0 Å². The monoisotopic (exact) mass is 206 g/mol. The fraction of sp³-hybridized carbons (Fsp3) is 0. The van der Waals surface area contributed by atoms with Crippen LogP contribution in [0.5, 0.6) is 0 Å². The summed E-state index contributed by atoms with van der Waals surface area (Å²) in [7, 11) is 0. The van der Waals surface area contributed by atoms with Gasteiger partial charge in [0.1, 0.15) is 0 Å². The standard InChI is InChI=1S/C4H4O4.Sr.2H/c5-3(6)1-2-4(7)8;;;/h1-2H,(H,5,6)(H,7,8);;;/q;+2;2*-1/b2-1+;;;. The van der Waals surface area contributed by atoms with Crippen molar-refractivity contribution in [2.45, 2.75) is 0 Å². The molecule has 0 heterocycles. The van der Waals surface area contributed by atoms with E-state index in [0.29, 0.717) is 12.2 Å². The average molecular weight is 206 g/mol. The van der Waals surface area contributed by atoms with Gasteiger partial charge in [-0.1, -0.05) is 0 Å². The van der Waals surface area contributed by atoms with Crippen LogP contribution < -0.4 is 0 Å². The largest absolute Gasteiger partial charge is 2.00 e. The number of hydrogen-bond acceptors (Lipinski definition) is 2. The van der Waals surface area contributed by atoms with Crippen LogP contribution >= 0.6 is 0 Å². The van der Waals surface area contributed by atoms with E-state index in [1.165, 1.54) is 0 Å². The van der Waals surface area contributed by atoms with E-state index in [1.54, 1.807) is 0 Å². The van der Waals surface area contributed by atoms with Gasteiger partial charge in [0.15, 0.2) is 0 Å². The van der Waals surface area contributed by atoms with Crippen LogP contribution in [0.1, 0.15) is 2.85 Å². The molecule has 0 aliphatic rings. The Morgan fingerprint density at radius 2 is 1.33 bits per heavy atom.